The van der Waals surface area contributed by atoms with E-state index in [2.05, 4.69) is 0 Å². The first-order chi connectivity index (χ1) is 6.58. The normalized spacial score (nSPS) is 11.8. The molecule has 1 aromatic rings. The molecule has 0 fully saturated rings. The molecule has 4 nitrogen and oxygen atoms in total. The molecule has 1 rings (SSSR count). The fourth-order valence-electron chi connectivity index (χ4n) is 0.930. The summed E-state index contributed by atoms with van der Waals surface area (Å²) in [5.74, 6) is 2.51. The first-order valence-electron chi connectivity index (χ1n) is 4.18. The Morgan fingerprint density at radius 2 is 2.29 bits per heavy atom. The van der Waals surface area contributed by atoms with Crippen LogP contribution in [0.1, 0.15) is 12.2 Å². The van der Waals surface area contributed by atoms with Crippen molar-refractivity contribution in [2.75, 3.05) is 11.5 Å². The van der Waals surface area contributed by atoms with Gasteiger partial charge in [0, 0.05) is 0 Å². The summed E-state index contributed by atoms with van der Waals surface area (Å²) in [5, 5.41) is 4.86. The summed E-state index contributed by atoms with van der Waals surface area (Å²) in [6, 6.07) is 3.73. The second kappa shape index (κ2) is 5.43. The van der Waals surface area contributed by atoms with Gasteiger partial charge in [-0.15, -0.1) is 0 Å². The molecule has 2 N–H and O–H groups in total. The van der Waals surface area contributed by atoms with Gasteiger partial charge in [-0.3, -0.25) is 0 Å². The molecule has 0 aromatic carbocycles. The van der Waals surface area contributed by atoms with Crippen molar-refractivity contribution in [2.45, 2.75) is 12.2 Å². The number of thioether (sulfide) groups is 1. The Morgan fingerprint density at radius 1 is 1.50 bits per heavy atom. The number of sulfonamides is 1. The molecule has 0 unspecified atom stereocenters. The van der Waals surface area contributed by atoms with Crippen LogP contribution in [-0.2, 0) is 15.8 Å². The number of furan rings is 1. The lowest BCUT2D eigenvalue weighted by Gasteiger charge is -1.98. The van der Waals surface area contributed by atoms with Crippen molar-refractivity contribution in [1.29, 1.82) is 0 Å². The maximum atomic E-state index is 10.6. The topological polar surface area (TPSA) is 73.3 Å². The predicted octanol–water partition coefficient (Wildman–Crippen LogP) is 1.19. The van der Waals surface area contributed by atoms with E-state index >= 15 is 0 Å². The van der Waals surface area contributed by atoms with Crippen LogP contribution in [0.5, 0.6) is 0 Å². The average molecular weight is 235 g/mol. The molecule has 6 heteroatoms. The predicted molar refractivity (Wildman–Crippen MR) is 57.5 cm³/mol. The Hall–Kier alpha value is -0.460. The molecule has 0 saturated carbocycles. The van der Waals surface area contributed by atoms with Gasteiger partial charge in [-0.2, -0.15) is 11.8 Å². The van der Waals surface area contributed by atoms with Crippen LogP contribution < -0.4 is 5.14 Å². The smallest absolute Gasteiger partial charge is 0.209 e. The molecule has 0 aliphatic heterocycles. The number of nitrogens with two attached hydrogens (primary N) is 1. The number of rotatable bonds is 6. The lowest BCUT2D eigenvalue weighted by atomic mass is 10.5. The van der Waals surface area contributed by atoms with E-state index in [1.54, 1.807) is 18.0 Å². The van der Waals surface area contributed by atoms with E-state index in [1.807, 2.05) is 12.1 Å². The molecular weight excluding hydrogens is 222 g/mol. The van der Waals surface area contributed by atoms with Gasteiger partial charge < -0.3 is 4.42 Å². The zero-order chi connectivity index (χ0) is 10.4. The highest BCUT2D eigenvalue weighted by Gasteiger charge is 2.02. The van der Waals surface area contributed by atoms with E-state index in [9.17, 15) is 8.42 Å². The van der Waals surface area contributed by atoms with Gasteiger partial charge in [-0.25, -0.2) is 13.6 Å². The van der Waals surface area contributed by atoms with Gasteiger partial charge in [-0.05, 0) is 24.3 Å². The Morgan fingerprint density at radius 3 is 2.86 bits per heavy atom. The molecule has 80 valence electrons. The van der Waals surface area contributed by atoms with Gasteiger partial charge in [0.1, 0.15) is 5.76 Å². The van der Waals surface area contributed by atoms with Crippen LogP contribution in [0.4, 0.5) is 0 Å². The van der Waals surface area contributed by atoms with Crippen LogP contribution in [0.15, 0.2) is 22.8 Å². The number of hydrogen-bond acceptors (Lipinski definition) is 4. The van der Waals surface area contributed by atoms with Gasteiger partial charge in [0.15, 0.2) is 0 Å². The quantitative estimate of drug-likeness (QED) is 0.752. The van der Waals surface area contributed by atoms with Crippen LogP contribution in [-0.4, -0.2) is 19.9 Å². The molecule has 0 saturated heterocycles. The van der Waals surface area contributed by atoms with Crippen molar-refractivity contribution in [2.24, 2.45) is 5.14 Å². The molecule has 0 radical (unpaired) electrons. The Bertz CT molecular complexity index is 345. The molecule has 0 amide bonds. The second-order valence-electron chi connectivity index (χ2n) is 2.85. The van der Waals surface area contributed by atoms with Crippen LogP contribution >= 0.6 is 11.8 Å². The minimum Gasteiger partial charge on any atom is -0.468 e. The Kier molecular flexibility index (Phi) is 4.50. The molecular formula is C8H13NO3S2. The summed E-state index contributed by atoms with van der Waals surface area (Å²) in [7, 11) is -3.30. The standard InChI is InChI=1S/C8H13NO3S2/c9-14(10,11)6-2-5-13-7-8-3-1-4-12-8/h1,3-4H,2,5-7H2,(H2,9,10,11). The highest BCUT2D eigenvalue weighted by atomic mass is 32.2. The summed E-state index contributed by atoms with van der Waals surface area (Å²) >= 11 is 1.64. The van der Waals surface area contributed by atoms with Crippen molar-refractivity contribution in [3.63, 3.8) is 0 Å². The van der Waals surface area contributed by atoms with Gasteiger partial charge in [0.2, 0.25) is 10.0 Å². The lowest BCUT2D eigenvalue weighted by molar-refractivity contribution is 0.530. The van der Waals surface area contributed by atoms with Crippen LogP contribution in [0.2, 0.25) is 0 Å². The molecule has 0 aliphatic rings. The SMILES string of the molecule is NS(=O)(=O)CCCSCc1ccco1. The van der Waals surface area contributed by atoms with E-state index < -0.39 is 10.0 Å². The van der Waals surface area contributed by atoms with Crippen LogP contribution in [0.25, 0.3) is 0 Å². The van der Waals surface area contributed by atoms with Crippen molar-refractivity contribution < 1.29 is 12.8 Å². The third-order valence-corrected chi connectivity index (χ3v) is 3.47. The Labute approximate surface area is 87.9 Å². The van der Waals surface area contributed by atoms with Gasteiger partial charge in [-0.1, -0.05) is 0 Å². The summed E-state index contributed by atoms with van der Waals surface area (Å²) < 4.78 is 26.3. The molecule has 1 aromatic heterocycles. The molecule has 0 spiro atoms. The minimum atomic E-state index is -3.30. The number of hydrogen-bond donors (Lipinski definition) is 1. The first-order valence-corrected chi connectivity index (χ1v) is 7.05. The molecule has 1 heterocycles. The zero-order valence-corrected chi connectivity index (χ0v) is 9.31. The van der Waals surface area contributed by atoms with Gasteiger partial charge >= 0.3 is 0 Å². The van der Waals surface area contributed by atoms with Gasteiger partial charge in [0.05, 0.1) is 17.8 Å². The van der Waals surface area contributed by atoms with E-state index in [-0.39, 0.29) is 5.75 Å². The van der Waals surface area contributed by atoms with Crippen molar-refractivity contribution in [3.05, 3.63) is 24.2 Å². The van der Waals surface area contributed by atoms with Gasteiger partial charge in [0.25, 0.3) is 0 Å². The zero-order valence-electron chi connectivity index (χ0n) is 7.68. The molecule has 0 aliphatic carbocycles. The maximum absolute atomic E-state index is 10.6. The van der Waals surface area contributed by atoms with E-state index in [1.165, 1.54) is 0 Å². The number of primary sulfonamides is 1. The third-order valence-electron chi connectivity index (χ3n) is 1.54. The van der Waals surface area contributed by atoms with Crippen LogP contribution in [0.3, 0.4) is 0 Å². The van der Waals surface area contributed by atoms with E-state index in [0.29, 0.717) is 6.42 Å². The summed E-state index contributed by atoms with van der Waals surface area (Å²) in [6.45, 7) is 0. The Balaban J connectivity index is 2.06. The van der Waals surface area contributed by atoms with Crippen molar-refractivity contribution >= 4 is 21.8 Å². The largest absolute Gasteiger partial charge is 0.468 e. The summed E-state index contributed by atoms with van der Waals surface area (Å²) in [4.78, 5) is 0. The van der Waals surface area contributed by atoms with E-state index in [4.69, 9.17) is 9.56 Å². The monoisotopic (exact) mass is 235 g/mol. The highest BCUT2D eigenvalue weighted by molar-refractivity contribution is 7.98. The first kappa shape index (κ1) is 11.6. The highest BCUT2D eigenvalue weighted by Crippen LogP contribution is 2.13. The molecule has 14 heavy (non-hydrogen) atoms. The van der Waals surface area contributed by atoms with Crippen molar-refractivity contribution in [3.8, 4) is 0 Å². The molecule has 0 bridgehead atoms. The summed E-state index contributed by atoms with van der Waals surface area (Å²) in [6.07, 6.45) is 2.21. The van der Waals surface area contributed by atoms with E-state index in [0.717, 1.165) is 17.3 Å². The molecule has 0 atom stereocenters. The minimum absolute atomic E-state index is 0.0537. The summed E-state index contributed by atoms with van der Waals surface area (Å²) in [5.41, 5.74) is 0. The lowest BCUT2D eigenvalue weighted by Crippen LogP contribution is -2.16. The maximum Gasteiger partial charge on any atom is 0.209 e. The third kappa shape index (κ3) is 5.31. The fraction of sp³-hybridized carbons (Fsp3) is 0.500. The second-order valence-corrected chi connectivity index (χ2v) is 5.69. The fourth-order valence-corrected chi connectivity index (χ4v) is 2.52. The van der Waals surface area contributed by atoms with Crippen LogP contribution in [0, 0.1) is 0 Å². The average Bonchev–Trinajstić information content (AvgIpc) is 2.54. The van der Waals surface area contributed by atoms with Crippen molar-refractivity contribution in [1.82, 2.24) is 0 Å².